The minimum absolute atomic E-state index is 0.190. The first-order valence-corrected chi connectivity index (χ1v) is 5.47. The number of nitrogens with zero attached hydrogens (tertiary/aromatic N) is 1. The van der Waals surface area contributed by atoms with Gasteiger partial charge >= 0.3 is 6.09 Å². The molecule has 1 aliphatic heterocycles. The van der Waals surface area contributed by atoms with Crippen molar-refractivity contribution >= 4 is 12.0 Å². The molecule has 0 saturated carbocycles. The van der Waals surface area contributed by atoms with Crippen molar-refractivity contribution in [2.75, 3.05) is 0 Å². The van der Waals surface area contributed by atoms with E-state index < -0.39 is 11.7 Å². The zero-order valence-corrected chi connectivity index (χ0v) is 10.5. The van der Waals surface area contributed by atoms with Gasteiger partial charge in [-0.1, -0.05) is 19.9 Å². The average molecular weight is 225 g/mol. The standard InChI is InChI=1S/C12H19NO3/c1-8(2)9-6-7-10(14)13(9)11(15)16-12(3,4)5/h6-9H,1-5H3. The fourth-order valence-electron chi connectivity index (χ4n) is 1.54. The number of carbonyl (C=O) groups excluding carboxylic acids is 2. The average Bonchev–Trinajstić information content (AvgIpc) is 2.43. The van der Waals surface area contributed by atoms with Gasteiger partial charge in [0, 0.05) is 6.08 Å². The van der Waals surface area contributed by atoms with Crippen LogP contribution in [0.25, 0.3) is 0 Å². The quantitative estimate of drug-likeness (QED) is 0.688. The van der Waals surface area contributed by atoms with Gasteiger partial charge in [-0.2, -0.15) is 0 Å². The van der Waals surface area contributed by atoms with Gasteiger partial charge in [-0.05, 0) is 26.7 Å². The van der Waals surface area contributed by atoms with Crippen LogP contribution in [0.3, 0.4) is 0 Å². The van der Waals surface area contributed by atoms with E-state index >= 15 is 0 Å². The highest BCUT2D eigenvalue weighted by atomic mass is 16.6. The largest absolute Gasteiger partial charge is 0.443 e. The third-order valence-corrected chi connectivity index (χ3v) is 2.24. The maximum absolute atomic E-state index is 11.8. The van der Waals surface area contributed by atoms with Crippen molar-refractivity contribution in [3.05, 3.63) is 12.2 Å². The Bertz CT molecular complexity index is 326. The Balaban J connectivity index is 2.78. The van der Waals surface area contributed by atoms with Crippen molar-refractivity contribution < 1.29 is 14.3 Å². The Morgan fingerprint density at radius 2 is 2.00 bits per heavy atom. The second-order valence-corrected chi connectivity index (χ2v) is 5.28. The summed E-state index contributed by atoms with van der Waals surface area (Å²) in [6, 6.07) is -0.192. The molecular formula is C12H19NO3. The molecule has 1 rings (SSSR count). The summed E-state index contributed by atoms with van der Waals surface area (Å²) in [4.78, 5) is 24.6. The molecule has 0 aromatic carbocycles. The third kappa shape index (κ3) is 2.84. The maximum Gasteiger partial charge on any atom is 0.417 e. The minimum atomic E-state index is -0.582. The van der Waals surface area contributed by atoms with E-state index in [1.807, 2.05) is 13.8 Å². The molecule has 4 heteroatoms. The summed E-state index contributed by atoms with van der Waals surface area (Å²) in [5.74, 6) is -0.108. The molecule has 0 aromatic rings. The Hall–Kier alpha value is -1.32. The van der Waals surface area contributed by atoms with Crippen molar-refractivity contribution in [2.45, 2.75) is 46.3 Å². The van der Waals surface area contributed by atoms with E-state index in [1.54, 1.807) is 26.8 Å². The Morgan fingerprint density at radius 3 is 2.44 bits per heavy atom. The van der Waals surface area contributed by atoms with E-state index in [-0.39, 0.29) is 17.9 Å². The van der Waals surface area contributed by atoms with Crippen molar-refractivity contribution in [3.63, 3.8) is 0 Å². The Kier molecular flexibility index (Phi) is 3.41. The van der Waals surface area contributed by atoms with Gasteiger partial charge in [0.15, 0.2) is 0 Å². The Morgan fingerprint density at radius 1 is 1.44 bits per heavy atom. The number of amides is 2. The molecular weight excluding hydrogens is 206 g/mol. The molecule has 16 heavy (non-hydrogen) atoms. The molecule has 0 radical (unpaired) electrons. The predicted molar refractivity (Wildman–Crippen MR) is 60.8 cm³/mol. The van der Waals surface area contributed by atoms with Gasteiger partial charge in [0.05, 0.1) is 6.04 Å². The molecule has 0 aliphatic carbocycles. The molecule has 0 spiro atoms. The van der Waals surface area contributed by atoms with Gasteiger partial charge < -0.3 is 4.74 Å². The summed E-state index contributed by atoms with van der Waals surface area (Å²) >= 11 is 0. The maximum atomic E-state index is 11.8. The molecule has 0 fully saturated rings. The molecule has 1 unspecified atom stereocenters. The fourth-order valence-corrected chi connectivity index (χ4v) is 1.54. The van der Waals surface area contributed by atoms with Gasteiger partial charge in [0.25, 0.3) is 5.91 Å². The summed E-state index contributed by atoms with van der Waals surface area (Å²) in [6.45, 7) is 9.27. The monoisotopic (exact) mass is 225 g/mol. The smallest absolute Gasteiger partial charge is 0.417 e. The van der Waals surface area contributed by atoms with Crippen LogP contribution >= 0.6 is 0 Å². The highest BCUT2D eigenvalue weighted by Crippen LogP contribution is 2.21. The molecule has 1 aliphatic rings. The van der Waals surface area contributed by atoms with E-state index in [9.17, 15) is 9.59 Å². The first-order valence-electron chi connectivity index (χ1n) is 5.47. The third-order valence-electron chi connectivity index (χ3n) is 2.24. The van der Waals surface area contributed by atoms with Gasteiger partial charge in [0.1, 0.15) is 5.60 Å². The van der Waals surface area contributed by atoms with Gasteiger partial charge in [-0.15, -0.1) is 0 Å². The molecule has 2 amide bonds. The van der Waals surface area contributed by atoms with E-state index in [0.29, 0.717) is 0 Å². The van der Waals surface area contributed by atoms with E-state index in [2.05, 4.69) is 0 Å². The molecule has 0 aromatic heterocycles. The molecule has 1 atom stereocenters. The van der Waals surface area contributed by atoms with E-state index in [0.717, 1.165) is 0 Å². The van der Waals surface area contributed by atoms with Crippen LogP contribution in [0.1, 0.15) is 34.6 Å². The highest BCUT2D eigenvalue weighted by molar-refractivity contribution is 6.01. The second kappa shape index (κ2) is 4.28. The predicted octanol–water partition coefficient (Wildman–Crippen LogP) is 2.34. The van der Waals surface area contributed by atoms with Crippen LogP contribution in [0.15, 0.2) is 12.2 Å². The van der Waals surface area contributed by atoms with E-state index in [1.165, 1.54) is 11.0 Å². The van der Waals surface area contributed by atoms with Crippen molar-refractivity contribution in [1.29, 1.82) is 0 Å². The van der Waals surface area contributed by atoms with Crippen LogP contribution in [-0.4, -0.2) is 28.5 Å². The molecule has 1 heterocycles. The van der Waals surface area contributed by atoms with Gasteiger partial charge in [0.2, 0.25) is 0 Å². The summed E-state index contributed by atoms with van der Waals surface area (Å²) in [7, 11) is 0. The lowest BCUT2D eigenvalue weighted by molar-refractivity contribution is -0.125. The van der Waals surface area contributed by atoms with Gasteiger partial charge in [-0.3, -0.25) is 4.79 Å². The number of carbonyl (C=O) groups is 2. The fraction of sp³-hybridized carbons (Fsp3) is 0.667. The molecule has 0 bridgehead atoms. The minimum Gasteiger partial charge on any atom is -0.443 e. The summed E-state index contributed by atoms with van der Waals surface area (Å²) in [5.41, 5.74) is -0.582. The first-order chi connectivity index (χ1) is 7.22. The van der Waals surface area contributed by atoms with Crippen molar-refractivity contribution in [2.24, 2.45) is 5.92 Å². The lowest BCUT2D eigenvalue weighted by Crippen LogP contribution is -2.44. The van der Waals surface area contributed by atoms with Gasteiger partial charge in [-0.25, -0.2) is 9.69 Å². The molecule has 0 N–H and O–H groups in total. The Labute approximate surface area is 96.3 Å². The topological polar surface area (TPSA) is 46.6 Å². The molecule has 4 nitrogen and oxygen atoms in total. The lowest BCUT2D eigenvalue weighted by Gasteiger charge is -2.28. The van der Waals surface area contributed by atoms with Crippen molar-refractivity contribution in [3.8, 4) is 0 Å². The molecule has 0 saturated heterocycles. The zero-order valence-electron chi connectivity index (χ0n) is 10.5. The van der Waals surface area contributed by atoms with E-state index in [4.69, 9.17) is 4.74 Å². The van der Waals surface area contributed by atoms with Crippen LogP contribution in [0, 0.1) is 5.92 Å². The van der Waals surface area contributed by atoms with Crippen LogP contribution < -0.4 is 0 Å². The molecule has 90 valence electrons. The van der Waals surface area contributed by atoms with Crippen LogP contribution in [-0.2, 0) is 9.53 Å². The lowest BCUT2D eigenvalue weighted by atomic mass is 10.1. The second-order valence-electron chi connectivity index (χ2n) is 5.28. The summed E-state index contributed by atoms with van der Waals surface area (Å²) in [6.07, 6.45) is 2.60. The number of ether oxygens (including phenoxy) is 1. The van der Waals surface area contributed by atoms with Crippen LogP contribution in [0.5, 0.6) is 0 Å². The SMILES string of the molecule is CC(C)C1C=CC(=O)N1C(=O)OC(C)(C)C. The summed E-state index contributed by atoms with van der Waals surface area (Å²) < 4.78 is 5.20. The van der Waals surface area contributed by atoms with Crippen molar-refractivity contribution in [1.82, 2.24) is 4.90 Å². The van der Waals surface area contributed by atoms with Crippen LogP contribution in [0.2, 0.25) is 0 Å². The number of imide groups is 1. The number of rotatable bonds is 1. The van der Waals surface area contributed by atoms with Crippen LogP contribution in [0.4, 0.5) is 4.79 Å². The first kappa shape index (κ1) is 12.7. The number of hydrogen-bond donors (Lipinski definition) is 0. The highest BCUT2D eigenvalue weighted by Gasteiger charge is 2.36. The normalized spacial score (nSPS) is 20.8. The zero-order chi connectivity index (χ0) is 12.5. The summed E-state index contributed by atoms with van der Waals surface area (Å²) in [5, 5.41) is 0. The number of hydrogen-bond acceptors (Lipinski definition) is 3.